The molecular weight excluding hydrogens is 246 g/mol. The van der Waals surface area contributed by atoms with Crippen LogP contribution in [0.2, 0.25) is 0 Å². The third kappa shape index (κ3) is 3.71. The van der Waals surface area contributed by atoms with Crippen molar-refractivity contribution >= 4 is 11.9 Å². The summed E-state index contributed by atoms with van der Waals surface area (Å²) < 4.78 is 5.17. The molecule has 5 heteroatoms. The number of aliphatic carboxylic acids is 1. The average Bonchev–Trinajstić information content (AvgIpc) is 2.39. The number of ether oxygens (including phenoxy) is 1. The molecule has 0 radical (unpaired) electrons. The molecule has 104 valence electrons. The highest BCUT2D eigenvalue weighted by Crippen LogP contribution is 2.19. The monoisotopic (exact) mass is 265 g/mol. The summed E-state index contributed by atoms with van der Waals surface area (Å²) in [5.74, 6) is -0.593. The second kappa shape index (κ2) is 6.78. The quantitative estimate of drug-likeness (QED) is 0.847. The Bertz CT molecular complexity index is 459. The largest absolute Gasteiger partial charge is 0.496 e. The zero-order valence-corrected chi connectivity index (χ0v) is 11.4. The van der Waals surface area contributed by atoms with Crippen LogP contribution in [0.1, 0.15) is 18.9 Å². The number of carboxylic acids is 1. The summed E-state index contributed by atoms with van der Waals surface area (Å²) in [4.78, 5) is 24.4. The molecule has 1 N–H and O–H groups in total. The van der Waals surface area contributed by atoms with Gasteiger partial charge in [0.2, 0.25) is 5.91 Å². The van der Waals surface area contributed by atoms with Gasteiger partial charge in [-0.05, 0) is 12.5 Å². The predicted octanol–water partition coefficient (Wildman–Crippen LogP) is 1.56. The third-order valence-electron chi connectivity index (χ3n) is 3.07. The molecule has 0 saturated carbocycles. The molecule has 1 rings (SSSR count). The van der Waals surface area contributed by atoms with E-state index < -0.39 is 12.0 Å². The Hall–Kier alpha value is -2.04. The minimum Gasteiger partial charge on any atom is -0.496 e. The van der Waals surface area contributed by atoms with E-state index in [1.165, 1.54) is 11.9 Å². The second-order valence-electron chi connectivity index (χ2n) is 4.26. The molecule has 1 aromatic carbocycles. The maximum Gasteiger partial charge on any atom is 0.326 e. The third-order valence-corrected chi connectivity index (χ3v) is 3.07. The molecule has 0 fully saturated rings. The van der Waals surface area contributed by atoms with E-state index in [1.54, 1.807) is 26.2 Å². The summed E-state index contributed by atoms with van der Waals surface area (Å²) in [5.41, 5.74) is 0.752. The van der Waals surface area contributed by atoms with Gasteiger partial charge in [-0.25, -0.2) is 4.79 Å². The molecule has 5 nitrogen and oxygen atoms in total. The highest BCUT2D eigenvalue weighted by molar-refractivity contribution is 5.85. The lowest BCUT2D eigenvalue weighted by molar-refractivity contribution is -0.148. The second-order valence-corrected chi connectivity index (χ2v) is 4.26. The van der Waals surface area contributed by atoms with E-state index >= 15 is 0 Å². The van der Waals surface area contributed by atoms with Crippen LogP contribution in [-0.2, 0) is 16.0 Å². The Morgan fingerprint density at radius 2 is 2.00 bits per heavy atom. The summed E-state index contributed by atoms with van der Waals surface area (Å²) in [6.07, 6.45) is 0.508. The maximum atomic E-state index is 12.1. The van der Waals surface area contributed by atoms with Crippen LogP contribution in [0.3, 0.4) is 0 Å². The molecule has 1 aromatic rings. The molecule has 0 aromatic heterocycles. The van der Waals surface area contributed by atoms with Gasteiger partial charge in [-0.2, -0.15) is 0 Å². The van der Waals surface area contributed by atoms with E-state index in [9.17, 15) is 9.59 Å². The fraction of sp³-hybridized carbons (Fsp3) is 0.429. The van der Waals surface area contributed by atoms with Crippen molar-refractivity contribution in [1.29, 1.82) is 0 Å². The fourth-order valence-electron chi connectivity index (χ4n) is 1.92. The molecule has 1 atom stereocenters. The minimum absolute atomic E-state index is 0.129. The minimum atomic E-state index is -0.988. The van der Waals surface area contributed by atoms with Gasteiger partial charge in [-0.1, -0.05) is 25.1 Å². The van der Waals surface area contributed by atoms with Crippen molar-refractivity contribution in [1.82, 2.24) is 4.90 Å². The number of carbonyl (C=O) groups excluding carboxylic acids is 1. The van der Waals surface area contributed by atoms with E-state index in [0.717, 1.165) is 5.56 Å². The van der Waals surface area contributed by atoms with E-state index in [1.807, 2.05) is 12.1 Å². The number of amides is 1. The standard InChI is InChI=1S/C14H19NO4/c1-4-11(14(17)18)15(2)13(16)9-10-7-5-6-8-12(10)19-3/h5-8,11H,4,9H2,1-3H3,(H,17,18). The lowest BCUT2D eigenvalue weighted by atomic mass is 10.1. The fourth-order valence-corrected chi connectivity index (χ4v) is 1.92. The van der Waals surface area contributed by atoms with E-state index in [4.69, 9.17) is 9.84 Å². The van der Waals surface area contributed by atoms with Crippen molar-refractivity contribution in [3.63, 3.8) is 0 Å². The van der Waals surface area contributed by atoms with E-state index in [-0.39, 0.29) is 12.3 Å². The number of carbonyl (C=O) groups is 2. The number of hydrogen-bond acceptors (Lipinski definition) is 3. The van der Waals surface area contributed by atoms with Gasteiger partial charge in [-0.3, -0.25) is 4.79 Å². The molecule has 1 unspecified atom stereocenters. The summed E-state index contributed by atoms with van der Waals surface area (Å²) in [6.45, 7) is 1.74. The van der Waals surface area contributed by atoms with Gasteiger partial charge in [0, 0.05) is 12.6 Å². The number of likely N-dealkylation sites (N-methyl/N-ethyl adjacent to an activating group) is 1. The molecule has 0 aliphatic heterocycles. The smallest absolute Gasteiger partial charge is 0.326 e. The summed E-state index contributed by atoms with van der Waals surface area (Å²) in [5, 5.41) is 9.04. The summed E-state index contributed by atoms with van der Waals surface area (Å²) in [6, 6.07) is 6.42. The zero-order chi connectivity index (χ0) is 14.4. The number of hydrogen-bond donors (Lipinski definition) is 1. The topological polar surface area (TPSA) is 66.8 Å². The summed E-state index contributed by atoms with van der Waals surface area (Å²) in [7, 11) is 3.05. The first-order valence-corrected chi connectivity index (χ1v) is 6.11. The van der Waals surface area contributed by atoms with Gasteiger partial charge in [0.1, 0.15) is 11.8 Å². The van der Waals surface area contributed by atoms with Crippen molar-refractivity contribution in [2.24, 2.45) is 0 Å². The predicted molar refractivity (Wildman–Crippen MR) is 71.2 cm³/mol. The number of methoxy groups -OCH3 is 1. The first-order valence-electron chi connectivity index (χ1n) is 6.11. The van der Waals surface area contributed by atoms with Crippen LogP contribution in [0.4, 0.5) is 0 Å². The van der Waals surface area contributed by atoms with Crippen molar-refractivity contribution in [3.05, 3.63) is 29.8 Å². The average molecular weight is 265 g/mol. The zero-order valence-electron chi connectivity index (χ0n) is 11.4. The Balaban J connectivity index is 2.81. The lowest BCUT2D eigenvalue weighted by Crippen LogP contribution is -2.42. The molecule has 0 spiro atoms. The van der Waals surface area contributed by atoms with Crippen LogP contribution in [-0.4, -0.2) is 42.1 Å². The molecule has 0 heterocycles. The lowest BCUT2D eigenvalue weighted by Gasteiger charge is -2.24. The van der Waals surface area contributed by atoms with Crippen LogP contribution in [0.5, 0.6) is 5.75 Å². The Morgan fingerprint density at radius 3 is 2.53 bits per heavy atom. The number of carboxylic acid groups (broad SMARTS) is 1. The van der Waals surface area contributed by atoms with Crippen LogP contribution in [0, 0.1) is 0 Å². The molecule has 0 aliphatic carbocycles. The molecule has 0 aliphatic rings. The highest BCUT2D eigenvalue weighted by atomic mass is 16.5. The van der Waals surface area contributed by atoms with Gasteiger partial charge >= 0.3 is 5.97 Å². The van der Waals surface area contributed by atoms with E-state index in [2.05, 4.69) is 0 Å². The first-order chi connectivity index (χ1) is 9.01. The van der Waals surface area contributed by atoms with Crippen LogP contribution in [0.15, 0.2) is 24.3 Å². The van der Waals surface area contributed by atoms with Crippen molar-refractivity contribution in [3.8, 4) is 5.75 Å². The normalized spacial score (nSPS) is 11.7. The van der Waals surface area contributed by atoms with Gasteiger partial charge in [0.15, 0.2) is 0 Å². The van der Waals surface area contributed by atoms with Crippen LogP contribution in [0.25, 0.3) is 0 Å². The number of para-hydroxylation sites is 1. The molecule has 19 heavy (non-hydrogen) atoms. The first kappa shape index (κ1) is 15.0. The number of rotatable bonds is 6. The molecule has 0 bridgehead atoms. The Labute approximate surface area is 112 Å². The van der Waals surface area contributed by atoms with Crippen molar-refractivity contribution in [2.75, 3.05) is 14.2 Å². The van der Waals surface area contributed by atoms with Crippen molar-refractivity contribution in [2.45, 2.75) is 25.8 Å². The molecule has 0 saturated heterocycles. The van der Waals surface area contributed by atoms with Crippen LogP contribution >= 0.6 is 0 Å². The Kier molecular flexibility index (Phi) is 5.36. The molecular formula is C14H19NO4. The van der Waals surface area contributed by atoms with Gasteiger partial charge < -0.3 is 14.7 Å². The van der Waals surface area contributed by atoms with Crippen molar-refractivity contribution < 1.29 is 19.4 Å². The Morgan fingerprint density at radius 1 is 1.37 bits per heavy atom. The molecule has 1 amide bonds. The number of nitrogens with zero attached hydrogens (tertiary/aromatic N) is 1. The maximum absolute atomic E-state index is 12.1. The van der Waals surface area contributed by atoms with Gasteiger partial charge in [0.25, 0.3) is 0 Å². The van der Waals surface area contributed by atoms with Crippen LogP contribution < -0.4 is 4.74 Å². The van der Waals surface area contributed by atoms with Gasteiger partial charge in [-0.15, -0.1) is 0 Å². The SMILES string of the molecule is CCC(C(=O)O)N(C)C(=O)Cc1ccccc1OC. The van der Waals surface area contributed by atoms with Gasteiger partial charge in [0.05, 0.1) is 13.5 Å². The van der Waals surface area contributed by atoms with E-state index in [0.29, 0.717) is 12.2 Å². The number of benzene rings is 1. The highest BCUT2D eigenvalue weighted by Gasteiger charge is 2.25. The summed E-state index contributed by atoms with van der Waals surface area (Å²) >= 11 is 0.